The molecule has 1 aromatic rings. The first kappa shape index (κ1) is 15.8. The van der Waals surface area contributed by atoms with Crippen LogP contribution in [0, 0.1) is 11.3 Å². The fourth-order valence-corrected chi connectivity index (χ4v) is 2.50. The quantitative estimate of drug-likeness (QED) is 0.716. The Balaban J connectivity index is 2.63. The average molecular weight is 280 g/mol. The number of aliphatic hydroxyl groups is 1. The lowest BCUT2D eigenvalue weighted by Gasteiger charge is -2.13. The van der Waals surface area contributed by atoms with Crippen LogP contribution in [0.3, 0.4) is 0 Å². The van der Waals surface area contributed by atoms with Crippen molar-refractivity contribution in [2.75, 3.05) is 31.3 Å². The Hall–Kier alpha value is -1.22. The van der Waals surface area contributed by atoms with Gasteiger partial charge in [-0.25, -0.2) is 0 Å². The lowest BCUT2D eigenvalue weighted by atomic mass is 10.2. The van der Waals surface area contributed by atoms with Crippen molar-refractivity contribution in [1.82, 2.24) is 0 Å². The van der Waals surface area contributed by atoms with Gasteiger partial charge in [0.25, 0.3) is 0 Å². The van der Waals surface area contributed by atoms with Crippen LogP contribution in [0.25, 0.3) is 0 Å². The highest BCUT2D eigenvalue weighted by Gasteiger charge is 2.08. The molecule has 0 saturated carbocycles. The highest BCUT2D eigenvalue weighted by atomic mass is 32.2. The number of hydrogen-bond donors (Lipinski definition) is 2. The monoisotopic (exact) mass is 280 g/mol. The van der Waals surface area contributed by atoms with Gasteiger partial charge in [-0.05, 0) is 24.3 Å². The minimum absolute atomic E-state index is 0.332. The molecular weight excluding hydrogens is 260 g/mol. The Bertz CT molecular complexity index is 432. The van der Waals surface area contributed by atoms with Crippen LogP contribution in [-0.4, -0.2) is 37.2 Å². The molecule has 0 heterocycles. The lowest BCUT2D eigenvalue weighted by Crippen LogP contribution is -2.18. The predicted molar refractivity (Wildman–Crippen MR) is 78.5 cm³/mol. The smallest absolute Gasteiger partial charge is 0.102 e. The molecule has 0 aromatic heterocycles. The summed E-state index contributed by atoms with van der Waals surface area (Å²) < 4.78 is 4.87. The topological polar surface area (TPSA) is 65.3 Å². The van der Waals surface area contributed by atoms with Crippen molar-refractivity contribution in [3.05, 3.63) is 23.8 Å². The molecule has 0 saturated heterocycles. The molecule has 19 heavy (non-hydrogen) atoms. The van der Waals surface area contributed by atoms with Gasteiger partial charge in [-0.15, -0.1) is 11.8 Å². The molecule has 0 amide bonds. The van der Waals surface area contributed by atoms with Crippen molar-refractivity contribution in [2.24, 2.45) is 0 Å². The van der Waals surface area contributed by atoms with Gasteiger partial charge in [0.05, 0.1) is 24.0 Å². The van der Waals surface area contributed by atoms with Gasteiger partial charge in [0, 0.05) is 18.6 Å². The number of hydrogen-bond acceptors (Lipinski definition) is 5. The third-order valence-electron chi connectivity index (χ3n) is 2.59. The third kappa shape index (κ3) is 5.11. The van der Waals surface area contributed by atoms with E-state index in [1.54, 1.807) is 18.9 Å². The van der Waals surface area contributed by atoms with Crippen LogP contribution >= 0.6 is 11.8 Å². The molecule has 104 valence electrons. The number of methoxy groups -OCH3 is 1. The third-order valence-corrected chi connectivity index (χ3v) is 3.53. The number of nitrogens with zero attached hydrogens (tertiary/aromatic N) is 1. The lowest BCUT2D eigenvalue weighted by molar-refractivity contribution is 0.0615. The second-order valence-electron chi connectivity index (χ2n) is 4.05. The van der Waals surface area contributed by atoms with Gasteiger partial charge >= 0.3 is 0 Å². The number of nitrogens with one attached hydrogen (secondary N) is 1. The molecule has 0 spiro atoms. The van der Waals surface area contributed by atoms with Crippen LogP contribution in [0.2, 0.25) is 0 Å². The summed E-state index contributed by atoms with van der Waals surface area (Å²) >= 11 is 1.66. The van der Waals surface area contributed by atoms with E-state index in [2.05, 4.69) is 18.3 Å². The summed E-state index contributed by atoms with van der Waals surface area (Å²) in [5.74, 6) is 0.935. The number of rotatable bonds is 8. The Morgan fingerprint density at radius 1 is 1.53 bits per heavy atom. The number of nitriles is 1. The number of thioether (sulfide) groups is 1. The molecule has 4 nitrogen and oxygen atoms in total. The first-order chi connectivity index (χ1) is 9.22. The van der Waals surface area contributed by atoms with Gasteiger partial charge < -0.3 is 15.2 Å². The van der Waals surface area contributed by atoms with Gasteiger partial charge in [-0.3, -0.25) is 0 Å². The summed E-state index contributed by atoms with van der Waals surface area (Å²) in [6, 6.07) is 8.02. The Kier molecular flexibility index (Phi) is 7.34. The van der Waals surface area contributed by atoms with Gasteiger partial charge in [0.1, 0.15) is 6.07 Å². The largest absolute Gasteiger partial charge is 0.391 e. The summed E-state index contributed by atoms with van der Waals surface area (Å²) in [5, 5.41) is 22.0. The van der Waals surface area contributed by atoms with Crippen LogP contribution in [-0.2, 0) is 4.74 Å². The first-order valence-electron chi connectivity index (χ1n) is 6.29. The van der Waals surface area contributed by atoms with Crippen molar-refractivity contribution in [3.63, 3.8) is 0 Å². The predicted octanol–water partition coefficient (Wildman–Crippen LogP) is 2.48. The van der Waals surface area contributed by atoms with Gasteiger partial charge in [0.15, 0.2) is 0 Å². The van der Waals surface area contributed by atoms with Crippen molar-refractivity contribution in [1.29, 1.82) is 5.26 Å². The fourth-order valence-electron chi connectivity index (χ4n) is 1.72. The molecule has 1 atom stereocenters. The molecule has 0 radical (unpaired) electrons. The minimum atomic E-state index is -0.476. The highest BCUT2D eigenvalue weighted by molar-refractivity contribution is 7.99. The van der Waals surface area contributed by atoms with Gasteiger partial charge in [-0.2, -0.15) is 5.26 Å². The molecule has 2 N–H and O–H groups in total. The normalized spacial score (nSPS) is 11.9. The minimum Gasteiger partial charge on any atom is -0.391 e. The van der Waals surface area contributed by atoms with E-state index in [1.807, 2.05) is 18.2 Å². The summed E-state index contributed by atoms with van der Waals surface area (Å²) in [6.07, 6.45) is 0.111. The van der Waals surface area contributed by atoms with E-state index in [4.69, 9.17) is 4.74 Å². The van der Waals surface area contributed by atoms with Crippen molar-refractivity contribution >= 4 is 17.4 Å². The molecule has 0 fully saturated rings. The molecule has 1 aromatic carbocycles. The van der Waals surface area contributed by atoms with Crippen LogP contribution in [0.4, 0.5) is 5.69 Å². The summed E-state index contributed by atoms with van der Waals surface area (Å²) in [5.41, 5.74) is 1.50. The molecule has 1 unspecified atom stereocenters. The molecule has 1 rings (SSSR count). The molecule has 0 aliphatic rings. The van der Waals surface area contributed by atoms with Crippen LogP contribution in [0.15, 0.2) is 23.1 Å². The maximum absolute atomic E-state index is 9.56. The van der Waals surface area contributed by atoms with Gasteiger partial charge in [0.2, 0.25) is 0 Å². The number of aliphatic hydroxyl groups excluding tert-OH is 1. The number of ether oxygens (including phenoxy) is 1. The zero-order valence-electron chi connectivity index (χ0n) is 11.3. The van der Waals surface area contributed by atoms with Crippen LogP contribution in [0.5, 0.6) is 0 Å². The molecule has 0 aliphatic heterocycles. The Morgan fingerprint density at radius 2 is 2.32 bits per heavy atom. The maximum Gasteiger partial charge on any atom is 0.102 e. The molecule has 0 aliphatic carbocycles. The summed E-state index contributed by atoms with van der Waals surface area (Å²) in [6.45, 7) is 3.00. The summed E-state index contributed by atoms with van der Waals surface area (Å²) in [7, 11) is 1.57. The first-order valence-corrected chi connectivity index (χ1v) is 7.28. The SMILES string of the molecule is CCSc1cccc(NCCC(O)COC)c1C#N. The van der Waals surface area contributed by atoms with Crippen molar-refractivity contribution in [2.45, 2.75) is 24.3 Å². The van der Waals surface area contributed by atoms with E-state index < -0.39 is 6.10 Å². The van der Waals surface area contributed by atoms with E-state index >= 15 is 0 Å². The number of anilines is 1. The molecule has 0 bridgehead atoms. The Morgan fingerprint density at radius 3 is 2.95 bits per heavy atom. The average Bonchev–Trinajstić information content (AvgIpc) is 2.40. The zero-order chi connectivity index (χ0) is 14.1. The second kappa shape index (κ2) is 8.81. The van der Waals surface area contributed by atoms with E-state index in [-0.39, 0.29) is 0 Å². The van der Waals surface area contributed by atoms with E-state index in [0.717, 1.165) is 16.3 Å². The number of benzene rings is 1. The highest BCUT2D eigenvalue weighted by Crippen LogP contribution is 2.27. The standard InChI is InChI=1S/C14H20N2O2S/c1-3-19-14-6-4-5-13(12(14)9-15)16-8-7-11(17)10-18-2/h4-6,11,16-17H,3,7-8,10H2,1-2H3. The maximum atomic E-state index is 9.56. The molecular formula is C14H20N2O2S. The van der Waals surface area contributed by atoms with E-state index in [0.29, 0.717) is 25.1 Å². The van der Waals surface area contributed by atoms with Crippen LogP contribution < -0.4 is 5.32 Å². The summed E-state index contributed by atoms with van der Waals surface area (Å²) in [4.78, 5) is 0.993. The van der Waals surface area contributed by atoms with E-state index in [9.17, 15) is 10.4 Å². The van der Waals surface area contributed by atoms with Gasteiger partial charge in [-0.1, -0.05) is 13.0 Å². The zero-order valence-corrected chi connectivity index (χ0v) is 12.2. The van der Waals surface area contributed by atoms with Crippen molar-refractivity contribution in [3.8, 4) is 6.07 Å². The fraction of sp³-hybridized carbons (Fsp3) is 0.500. The Labute approximate surface area is 118 Å². The van der Waals surface area contributed by atoms with E-state index in [1.165, 1.54) is 0 Å². The van der Waals surface area contributed by atoms with Crippen molar-refractivity contribution < 1.29 is 9.84 Å². The molecule has 5 heteroatoms. The second-order valence-corrected chi connectivity index (χ2v) is 5.35. The van der Waals surface area contributed by atoms with Crippen LogP contribution in [0.1, 0.15) is 18.9 Å².